The third-order valence-corrected chi connectivity index (χ3v) is 3.45. The van der Waals surface area contributed by atoms with Crippen LogP contribution in [0, 0.1) is 0 Å². The van der Waals surface area contributed by atoms with Crippen LogP contribution in [0.5, 0.6) is 0 Å². The maximum absolute atomic E-state index is 11.9. The summed E-state index contributed by atoms with van der Waals surface area (Å²) in [6.45, 7) is -0.0482. The molecule has 25 heavy (non-hydrogen) atoms. The summed E-state index contributed by atoms with van der Waals surface area (Å²) in [7, 11) is 1.31. The number of benzene rings is 1. The van der Waals surface area contributed by atoms with E-state index in [1.165, 1.54) is 7.11 Å². The highest BCUT2D eigenvalue weighted by atomic mass is 16.5. The molecule has 0 saturated carbocycles. The number of nitrogens with one attached hydrogen (secondary N) is 1. The van der Waals surface area contributed by atoms with E-state index in [0.29, 0.717) is 18.5 Å². The summed E-state index contributed by atoms with van der Waals surface area (Å²) in [6, 6.07) is 10.7. The molecule has 0 bridgehead atoms. The second-order valence-corrected chi connectivity index (χ2v) is 5.24. The second-order valence-electron chi connectivity index (χ2n) is 5.24. The molecule has 1 aromatic carbocycles. The molecule has 1 aromatic heterocycles. The maximum atomic E-state index is 11.9. The van der Waals surface area contributed by atoms with Gasteiger partial charge in [-0.2, -0.15) is 0 Å². The first-order valence-corrected chi connectivity index (χ1v) is 7.84. The van der Waals surface area contributed by atoms with Crippen molar-refractivity contribution in [1.29, 1.82) is 0 Å². The number of hydrogen-bond donors (Lipinski definition) is 1. The smallest absolute Gasteiger partial charge is 0.338 e. The molecule has 0 aliphatic carbocycles. The van der Waals surface area contributed by atoms with Crippen molar-refractivity contribution in [3.05, 3.63) is 54.4 Å². The number of hydrogen-bond acceptors (Lipinski definition) is 5. The average Bonchev–Trinajstić information content (AvgIpc) is 3.18. The summed E-state index contributed by atoms with van der Waals surface area (Å²) >= 11 is 0. The SMILES string of the molecule is COC(=O)CCCNC(=O)COC(=O)c1ccc(-n2cccc2)cc1. The van der Waals surface area contributed by atoms with Gasteiger partial charge in [0, 0.05) is 31.0 Å². The third kappa shape index (κ3) is 5.80. The predicted octanol–water partition coefficient (Wildman–Crippen LogP) is 1.70. The second kappa shape index (κ2) is 9.27. The van der Waals surface area contributed by atoms with Crippen molar-refractivity contribution >= 4 is 17.8 Å². The van der Waals surface area contributed by atoms with E-state index >= 15 is 0 Å². The Bertz CT molecular complexity index is 708. The quantitative estimate of drug-likeness (QED) is 0.582. The van der Waals surface area contributed by atoms with Gasteiger partial charge in [-0.15, -0.1) is 0 Å². The molecule has 1 N–H and O–H groups in total. The Morgan fingerprint density at radius 3 is 2.40 bits per heavy atom. The summed E-state index contributed by atoms with van der Waals surface area (Å²) in [6.07, 6.45) is 4.49. The minimum Gasteiger partial charge on any atom is -0.469 e. The zero-order valence-corrected chi connectivity index (χ0v) is 13.9. The molecule has 0 radical (unpaired) electrons. The minimum absolute atomic E-state index is 0.226. The minimum atomic E-state index is -0.566. The van der Waals surface area contributed by atoms with Gasteiger partial charge in [-0.3, -0.25) is 9.59 Å². The van der Waals surface area contributed by atoms with E-state index in [1.807, 2.05) is 29.1 Å². The van der Waals surface area contributed by atoms with Crippen LogP contribution in [-0.2, 0) is 19.1 Å². The van der Waals surface area contributed by atoms with Gasteiger partial charge in [0.05, 0.1) is 12.7 Å². The first kappa shape index (κ1) is 18.3. The molecular formula is C18H20N2O5. The number of ether oxygens (including phenoxy) is 2. The lowest BCUT2D eigenvalue weighted by atomic mass is 10.2. The highest BCUT2D eigenvalue weighted by Gasteiger charge is 2.10. The third-order valence-electron chi connectivity index (χ3n) is 3.45. The summed E-state index contributed by atoms with van der Waals surface area (Å²) in [5.74, 6) is -1.31. The molecule has 1 amide bonds. The highest BCUT2D eigenvalue weighted by Crippen LogP contribution is 2.10. The number of esters is 2. The van der Waals surface area contributed by atoms with Crippen LogP contribution >= 0.6 is 0 Å². The van der Waals surface area contributed by atoms with Gasteiger partial charge in [0.25, 0.3) is 5.91 Å². The fourth-order valence-corrected chi connectivity index (χ4v) is 2.10. The van der Waals surface area contributed by atoms with Crippen molar-refractivity contribution in [2.45, 2.75) is 12.8 Å². The number of carbonyl (C=O) groups excluding carboxylic acids is 3. The number of carbonyl (C=O) groups is 3. The predicted molar refractivity (Wildman–Crippen MR) is 90.3 cm³/mol. The van der Waals surface area contributed by atoms with Gasteiger partial charge in [-0.05, 0) is 42.8 Å². The highest BCUT2D eigenvalue weighted by molar-refractivity contribution is 5.91. The zero-order chi connectivity index (χ0) is 18.1. The zero-order valence-electron chi connectivity index (χ0n) is 13.9. The van der Waals surface area contributed by atoms with Crippen molar-refractivity contribution in [3.8, 4) is 5.69 Å². The van der Waals surface area contributed by atoms with E-state index in [0.717, 1.165) is 5.69 Å². The Labute approximate surface area is 145 Å². The number of aromatic nitrogens is 1. The number of rotatable bonds is 8. The van der Waals surface area contributed by atoms with Gasteiger partial charge < -0.3 is 19.4 Å². The summed E-state index contributed by atoms with van der Waals surface area (Å²) < 4.78 is 11.4. The van der Waals surface area contributed by atoms with Crippen LogP contribution in [0.15, 0.2) is 48.8 Å². The van der Waals surface area contributed by atoms with Gasteiger partial charge >= 0.3 is 11.9 Å². The summed E-state index contributed by atoms with van der Waals surface area (Å²) in [5, 5.41) is 2.57. The Balaban J connectivity index is 1.72. The molecule has 0 saturated heterocycles. The molecule has 0 aliphatic rings. The monoisotopic (exact) mass is 344 g/mol. The van der Waals surface area contributed by atoms with E-state index in [4.69, 9.17) is 4.74 Å². The van der Waals surface area contributed by atoms with Crippen LogP contribution < -0.4 is 5.32 Å². The topological polar surface area (TPSA) is 86.6 Å². The van der Waals surface area contributed by atoms with E-state index < -0.39 is 11.9 Å². The molecule has 7 nitrogen and oxygen atoms in total. The fourth-order valence-electron chi connectivity index (χ4n) is 2.10. The van der Waals surface area contributed by atoms with E-state index in [2.05, 4.69) is 10.1 Å². The Morgan fingerprint density at radius 2 is 1.76 bits per heavy atom. The first-order chi connectivity index (χ1) is 12.1. The van der Waals surface area contributed by atoms with Gasteiger partial charge in [-0.1, -0.05) is 0 Å². The molecule has 1 heterocycles. The number of nitrogens with zero attached hydrogens (tertiary/aromatic N) is 1. The van der Waals surface area contributed by atoms with E-state index in [9.17, 15) is 14.4 Å². The molecule has 0 aliphatic heterocycles. The van der Waals surface area contributed by atoms with Crippen LogP contribution in [0.25, 0.3) is 5.69 Å². The molecule has 0 spiro atoms. The molecule has 132 valence electrons. The molecule has 0 atom stereocenters. The van der Waals surface area contributed by atoms with Crippen molar-refractivity contribution in [1.82, 2.24) is 9.88 Å². The Hall–Kier alpha value is -3.09. The molecule has 0 unspecified atom stereocenters. The van der Waals surface area contributed by atoms with Crippen LogP contribution in [-0.4, -0.2) is 42.7 Å². The van der Waals surface area contributed by atoms with Crippen molar-refractivity contribution in [3.63, 3.8) is 0 Å². The van der Waals surface area contributed by atoms with Crippen molar-refractivity contribution in [2.75, 3.05) is 20.3 Å². The largest absolute Gasteiger partial charge is 0.469 e. The summed E-state index contributed by atoms with van der Waals surface area (Å²) in [5.41, 5.74) is 1.29. The molecule has 2 rings (SSSR count). The van der Waals surface area contributed by atoms with Crippen LogP contribution in [0.1, 0.15) is 23.2 Å². The van der Waals surface area contributed by atoms with Gasteiger partial charge in [0.2, 0.25) is 0 Å². The first-order valence-electron chi connectivity index (χ1n) is 7.84. The van der Waals surface area contributed by atoms with Crippen LogP contribution in [0.4, 0.5) is 0 Å². The molecule has 2 aromatic rings. The van der Waals surface area contributed by atoms with E-state index in [-0.39, 0.29) is 19.0 Å². The Morgan fingerprint density at radius 1 is 1.08 bits per heavy atom. The van der Waals surface area contributed by atoms with Gasteiger partial charge in [0.1, 0.15) is 0 Å². The number of amides is 1. The molecular weight excluding hydrogens is 324 g/mol. The van der Waals surface area contributed by atoms with Crippen molar-refractivity contribution in [2.24, 2.45) is 0 Å². The number of methoxy groups -OCH3 is 1. The normalized spacial score (nSPS) is 10.1. The lowest BCUT2D eigenvalue weighted by Crippen LogP contribution is -2.29. The molecule has 0 fully saturated rings. The van der Waals surface area contributed by atoms with Crippen LogP contribution in [0.3, 0.4) is 0 Å². The maximum Gasteiger partial charge on any atom is 0.338 e. The summed E-state index contributed by atoms with van der Waals surface area (Å²) in [4.78, 5) is 34.5. The lowest BCUT2D eigenvalue weighted by Gasteiger charge is -2.07. The van der Waals surface area contributed by atoms with Gasteiger partial charge in [0.15, 0.2) is 6.61 Å². The average molecular weight is 344 g/mol. The van der Waals surface area contributed by atoms with Gasteiger partial charge in [-0.25, -0.2) is 4.79 Å². The van der Waals surface area contributed by atoms with Crippen LogP contribution in [0.2, 0.25) is 0 Å². The molecule has 7 heteroatoms. The lowest BCUT2D eigenvalue weighted by molar-refractivity contribution is -0.140. The fraction of sp³-hybridized carbons (Fsp3) is 0.278. The van der Waals surface area contributed by atoms with E-state index in [1.54, 1.807) is 24.3 Å². The standard InChI is InChI=1S/C18H20N2O5/c1-24-17(22)5-4-10-19-16(21)13-25-18(23)14-6-8-15(9-7-14)20-11-2-3-12-20/h2-3,6-9,11-12H,4-5,10,13H2,1H3,(H,19,21). The Kier molecular flexibility index (Phi) is 6.76. The van der Waals surface area contributed by atoms with Crippen molar-refractivity contribution < 1.29 is 23.9 Å².